The minimum atomic E-state index is 0.167. The van der Waals surface area contributed by atoms with Gasteiger partial charge in [0.25, 0.3) is 0 Å². The number of hydrogen-bond acceptors (Lipinski definition) is 3. The molecule has 68 valence electrons. The minimum Gasteiger partial charge on any atom is -0.305 e. The average Bonchev–Trinajstić information content (AvgIpc) is 2.19. The van der Waals surface area contributed by atoms with Gasteiger partial charge in [0.05, 0.1) is 24.1 Å². The lowest BCUT2D eigenvalue weighted by Gasteiger charge is -2.17. The van der Waals surface area contributed by atoms with E-state index in [1.807, 2.05) is 0 Å². The standard InChI is InChI=1S/C9H10ClN3/c10-9-6-11-5-8(13-9)7-3-1-2-4-12-7/h1,3,5-7,12H,2,4H2. The molecule has 13 heavy (non-hydrogen) atoms. The van der Waals surface area contributed by atoms with Crippen LogP contribution in [0.2, 0.25) is 5.15 Å². The molecule has 0 bridgehead atoms. The molecule has 1 unspecified atom stereocenters. The monoisotopic (exact) mass is 195 g/mol. The van der Waals surface area contributed by atoms with E-state index < -0.39 is 0 Å². The molecule has 0 amide bonds. The van der Waals surface area contributed by atoms with Crippen molar-refractivity contribution < 1.29 is 0 Å². The maximum absolute atomic E-state index is 5.74. The van der Waals surface area contributed by atoms with E-state index in [0.29, 0.717) is 5.15 Å². The van der Waals surface area contributed by atoms with Crippen LogP contribution in [0.25, 0.3) is 0 Å². The lowest BCUT2D eigenvalue weighted by Crippen LogP contribution is -2.24. The Balaban J connectivity index is 2.24. The molecule has 1 aliphatic heterocycles. The highest BCUT2D eigenvalue weighted by Gasteiger charge is 2.11. The molecule has 0 fully saturated rings. The summed E-state index contributed by atoms with van der Waals surface area (Å²) in [7, 11) is 0. The third kappa shape index (κ3) is 2.05. The topological polar surface area (TPSA) is 37.8 Å². The van der Waals surface area contributed by atoms with Crippen molar-refractivity contribution in [3.05, 3.63) is 35.4 Å². The summed E-state index contributed by atoms with van der Waals surface area (Å²) in [5.41, 5.74) is 0.878. The molecule has 3 nitrogen and oxygen atoms in total. The van der Waals surface area contributed by atoms with E-state index in [9.17, 15) is 0 Å². The van der Waals surface area contributed by atoms with E-state index in [1.165, 1.54) is 6.20 Å². The molecule has 0 radical (unpaired) electrons. The highest BCUT2D eigenvalue weighted by molar-refractivity contribution is 6.29. The second-order valence-electron chi connectivity index (χ2n) is 2.92. The van der Waals surface area contributed by atoms with Crippen LogP contribution in [0.1, 0.15) is 18.2 Å². The first-order valence-corrected chi connectivity index (χ1v) is 4.61. The summed E-state index contributed by atoms with van der Waals surface area (Å²) >= 11 is 5.74. The molecule has 1 N–H and O–H groups in total. The van der Waals surface area contributed by atoms with Crippen LogP contribution in [0.3, 0.4) is 0 Å². The first-order valence-electron chi connectivity index (χ1n) is 4.24. The van der Waals surface area contributed by atoms with Crippen molar-refractivity contribution in [3.8, 4) is 0 Å². The van der Waals surface area contributed by atoms with E-state index in [1.54, 1.807) is 6.20 Å². The first kappa shape index (κ1) is 8.66. The molecule has 1 atom stereocenters. The Morgan fingerprint density at radius 3 is 3.08 bits per heavy atom. The van der Waals surface area contributed by atoms with Crippen LogP contribution < -0.4 is 5.32 Å². The minimum absolute atomic E-state index is 0.167. The third-order valence-electron chi connectivity index (χ3n) is 1.95. The van der Waals surface area contributed by atoms with Gasteiger partial charge in [0, 0.05) is 0 Å². The van der Waals surface area contributed by atoms with E-state index in [-0.39, 0.29) is 6.04 Å². The largest absolute Gasteiger partial charge is 0.305 e. The van der Waals surface area contributed by atoms with Gasteiger partial charge in [-0.1, -0.05) is 23.8 Å². The SMILES string of the molecule is Clc1cncc(C2C=CCCN2)n1. The molecule has 2 rings (SSSR count). The Kier molecular flexibility index (Phi) is 2.57. The van der Waals surface area contributed by atoms with Gasteiger partial charge in [-0.05, 0) is 13.0 Å². The second-order valence-corrected chi connectivity index (χ2v) is 3.30. The lowest BCUT2D eigenvalue weighted by molar-refractivity contribution is 0.586. The van der Waals surface area contributed by atoms with E-state index in [0.717, 1.165) is 18.7 Å². The van der Waals surface area contributed by atoms with Crippen LogP contribution >= 0.6 is 11.6 Å². The van der Waals surface area contributed by atoms with Crippen LogP contribution in [0, 0.1) is 0 Å². The van der Waals surface area contributed by atoms with Crippen LogP contribution in [-0.2, 0) is 0 Å². The van der Waals surface area contributed by atoms with Gasteiger partial charge in [-0.15, -0.1) is 0 Å². The maximum atomic E-state index is 5.74. The number of nitrogens with one attached hydrogen (secondary N) is 1. The second kappa shape index (κ2) is 3.85. The van der Waals surface area contributed by atoms with Gasteiger partial charge >= 0.3 is 0 Å². The smallest absolute Gasteiger partial charge is 0.147 e. The lowest BCUT2D eigenvalue weighted by atomic mass is 10.1. The molecule has 1 aromatic rings. The number of halogens is 1. The molecule has 0 aromatic carbocycles. The van der Waals surface area contributed by atoms with Crippen molar-refractivity contribution in [1.29, 1.82) is 0 Å². The summed E-state index contributed by atoms with van der Waals surface area (Å²) in [6, 6.07) is 0.167. The summed E-state index contributed by atoms with van der Waals surface area (Å²) in [6.45, 7) is 0.982. The molecular formula is C9H10ClN3. The Bertz CT molecular complexity index is 324. The zero-order chi connectivity index (χ0) is 9.10. The van der Waals surface area contributed by atoms with Gasteiger partial charge in [0.15, 0.2) is 0 Å². The molecule has 0 saturated carbocycles. The molecule has 0 aliphatic carbocycles. The summed E-state index contributed by atoms with van der Waals surface area (Å²) in [5.74, 6) is 0. The third-order valence-corrected chi connectivity index (χ3v) is 2.13. The Hall–Kier alpha value is -0.930. The zero-order valence-electron chi connectivity index (χ0n) is 7.07. The maximum Gasteiger partial charge on any atom is 0.147 e. The fourth-order valence-corrected chi connectivity index (χ4v) is 1.49. The zero-order valence-corrected chi connectivity index (χ0v) is 7.83. The van der Waals surface area contributed by atoms with Crippen molar-refractivity contribution in [2.45, 2.75) is 12.5 Å². The Labute approximate surface area is 81.9 Å². The van der Waals surface area contributed by atoms with Crippen molar-refractivity contribution in [3.63, 3.8) is 0 Å². The summed E-state index contributed by atoms with van der Waals surface area (Å²) in [6.07, 6.45) is 8.58. The Morgan fingerprint density at radius 1 is 1.46 bits per heavy atom. The van der Waals surface area contributed by atoms with Crippen LogP contribution in [0.5, 0.6) is 0 Å². The number of hydrogen-bond donors (Lipinski definition) is 1. The molecule has 0 spiro atoms. The van der Waals surface area contributed by atoms with Crippen molar-refractivity contribution in [2.24, 2.45) is 0 Å². The summed E-state index contributed by atoms with van der Waals surface area (Å²) in [5, 5.41) is 3.76. The van der Waals surface area contributed by atoms with Crippen LogP contribution in [0.15, 0.2) is 24.5 Å². The fourth-order valence-electron chi connectivity index (χ4n) is 1.33. The highest BCUT2D eigenvalue weighted by atomic mass is 35.5. The summed E-state index contributed by atoms with van der Waals surface area (Å²) in [4.78, 5) is 8.18. The predicted molar refractivity (Wildman–Crippen MR) is 51.5 cm³/mol. The number of aromatic nitrogens is 2. The van der Waals surface area contributed by atoms with Crippen LogP contribution in [-0.4, -0.2) is 16.5 Å². The van der Waals surface area contributed by atoms with Crippen LogP contribution in [0.4, 0.5) is 0 Å². The summed E-state index contributed by atoms with van der Waals surface area (Å²) < 4.78 is 0. The van der Waals surface area contributed by atoms with E-state index in [4.69, 9.17) is 11.6 Å². The van der Waals surface area contributed by atoms with Crippen molar-refractivity contribution >= 4 is 11.6 Å². The first-order chi connectivity index (χ1) is 6.36. The fraction of sp³-hybridized carbons (Fsp3) is 0.333. The molecule has 2 heterocycles. The molecule has 4 heteroatoms. The molecular weight excluding hydrogens is 186 g/mol. The van der Waals surface area contributed by atoms with Crippen molar-refractivity contribution in [1.82, 2.24) is 15.3 Å². The van der Waals surface area contributed by atoms with Gasteiger partial charge in [-0.25, -0.2) is 4.98 Å². The number of rotatable bonds is 1. The highest BCUT2D eigenvalue weighted by Crippen LogP contribution is 2.15. The van der Waals surface area contributed by atoms with Gasteiger partial charge in [0.2, 0.25) is 0 Å². The molecule has 0 saturated heterocycles. The Morgan fingerprint density at radius 2 is 2.38 bits per heavy atom. The average molecular weight is 196 g/mol. The van der Waals surface area contributed by atoms with Gasteiger partial charge in [-0.2, -0.15) is 0 Å². The van der Waals surface area contributed by atoms with Gasteiger partial charge in [-0.3, -0.25) is 4.98 Å². The van der Waals surface area contributed by atoms with Crippen molar-refractivity contribution in [2.75, 3.05) is 6.54 Å². The molecule has 1 aromatic heterocycles. The predicted octanol–water partition coefficient (Wildman–Crippen LogP) is 1.72. The van der Waals surface area contributed by atoms with E-state index in [2.05, 4.69) is 27.4 Å². The quantitative estimate of drug-likeness (QED) is 0.694. The molecule has 1 aliphatic rings. The van der Waals surface area contributed by atoms with Gasteiger partial charge < -0.3 is 5.32 Å². The number of nitrogens with zero attached hydrogens (tertiary/aromatic N) is 2. The normalized spacial score (nSPS) is 21.8. The van der Waals surface area contributed by atoms with E-state index >= 15 is 0 Å². The van der Waals surface area contributed by atoms with Gasteiger partial charge in [0.1, 0.15) is 5.15 Å².